The minimum Gasteiger partial charge on any atom is -0.481 e. The van der Waals surface area contributed by atoms with Crippen molar-refractivity contribution in [3.8, 4) is 11.1 Å². The fourth-order valence-electron chi connectivity index (χ4n) is 3.75. The summed E-state index contributed by atoms with van der Waals surface area (Å²) in [6.45, 7) is 0.0124. The Labute approximate surface area is 171 Å². The van der Waals surface area contributed by atoms with Gasteiger partial charge in [-0.15, -0.1) is 0 Å². The molecule has 3 aromatic carbocycles. The van der Waals surface area contributed by atoms with Crippen LogP contribution in [0.15, 0.2) is 54.6 Å². The van der Waals surface area contributed by atoms with Crippen LogP contribution in [0, 0.1) is 0 Å². The van der Waals surface area contributed by atoms with E-state index in [1.54, 1.807) is 36.4 Å². The maximum absolute atomic E-state index is 13.1. The SMILES string of the molecule is O=C(O)CCCN1C(=O)c2cccc3cc(-c4cccc(C(=O)O)c4)cc(c23)C1=O. The lowest BCUT2D eigenvalue weighted by Crippen LogP contribution is -2.41. The Morgan fingerprint density at radius 1 is 0.833 bits per heavy atom. The van der Waals surface area contributed by atoms with Crippen molar-refractivity contribution in [2.45, 2.75) is 12.8 Å². The molecule has 7 nitrogen and oxygen atoms in total. The fourth-order valence-corrected chi connectivity index (χ4v) is 3.75. The second kappa shape index (κ2) is 7.44. The van der Waals surface area contributed by atoms with Crippen LogP contribution in [0.2, 0.25) is 0 Å². The summed E-state index contributed by atoms with van der Waals surface area (Å²) in [5.74, 6) is -2.96. The van der Waals surface area contributed by atoms with Gasteiger partial charge < -0.3 is 10.2 Å². The highest BCUT2D eigenvalue weighted by Crippen LogP contribution is 2.34. The Balaban J connectivity index is 1.83. The highest BCUT2D eigenvalue weighted by atomic mass is 16.4. The molecular formula is C23H17NO6. The van der Waals surface area contributed by atoms with Crippen LogP contribution in [0.25, 0.3) is 21.9 Å². The molecule has 0 fully saturated rings. The van der Waals surface area contributed by atoms with Crippen LogP contribution in [0.1, 0.15) is 43.9 Å². The molecule has 2 N–H and O–H groups in total. The van der Waals surface area contributed by atoms with Gasteiger partial charge in [0.15, 0.2) is 0 Å². The van der Waals surface area contributed by atoms with Crippen molar-refractivity contribution in [3.63, 3.8) is 0 Å². The van der Waals surface area contributed by atoms with Crippen LogP contribution in [0.5, 0.6) is 0 Å². The van der Waals surface area contributed by atoms with E-state index in [0.717, 1.165) is 4.90 Å². The Morgan fingerprint density at radius 3 is 2.30 bits per heavy atom. The lowest BCUT2D eigenvalue weighted by molar-refractivity contribution is -0.137. The Hall–Kier alpha value is -4.00. The zero-order valence-corrected chi connectivity index (χ0v) is 15.8. The quantitative estimate of drug-likeness (QED) is 0.608. The summed E-state index contributed by atoms with van der Waals surface area (Å²) in [6.07, 6.45) is 0.0224. The van der Waals surface area contributed by atoms with Gasteiger partial charge in [-0.3, -0.25) is 19.3 Å². The molecule has 0 spiro atoms. The normalized spacial score (nSPS) is 13.0. The van der Waals surface area contributed by atoms with E-state index >= 15 is 0 Å². The van der Waals surface area contributed by atoms with Gasteiger partial charge in [-0.05, 0) is 53.3 Å². The second-order valence-electron chi connectivity index (χ2n) is 7.07. The van der Waals surface area contributed by atoms with Crippen LogP contribution in [0.3, 0.4) is 0 Å². The summed E-state index contributed by atoms with van der Waals surface area (Å²) < 4.78 is 0. The minimum atomic E-state index is -1.05. The van der Waals surface area contributed by atoms with Crippen LogP contribution in [-0.4, -0.2) is 45.4 Å². The van der Waals surface area contributed by atoms with Crippen LogP contribution < -0.4 is 0 Å². The van der Waals surface area contributed by atoms with Gasteiger partial charge >= 0.3 is 11.9 Å². The number of hydrogen-bond donors (Lipinski definition) is 2. The van der Waals surface area contributed by atoms with Crippen LogP contribution >= 0.6 is 0 Å². The van der Waals surface area contributed by atoms with E-state index in [2.05, 4.69) is 0 Å². The molecule has 0 atom stereocenters. The van der Waals surface area contributed by atoms with E-state index in [-0.39, 0.29) is 24.9 Å². The number of rotatable bonds is 6. The molecular weight excluding hydrogens is 386 g/mol. The number of amides is 2. The van der Waals surface area contributed by atoms with Gasteiger partial charge in [0.25, 0.3) is 11.8 Å². The molecule has 4 rings (SSSR count). The highest BCUT2D eigenvalue weighted by Gasteiger charge is 2.33. The maximum atomic E-state index is 13.1. The smallest absolute Gasteiger partial charge is 0.335 e. The summed E-state index contributed by atoms with van der Waals surface area (Å²) in [5, 5.41) is 19.4. The topological polar surface area (TPSA) is 112 Å². The average molecular weight is 403 g/mol. The summed E-state index contributed by atoms with van der Waals surface area (Å²) in [5.41, 5.74) is 2.16. The molecule has 0 aromatic heterocycles. The number of carbonyl (C=O) groups is 4. The van der Waals surface area contributed by atoms with E-state index in [1.165, 1.54) is 12.1 Å². The van der Waals surface area contributed by atoms with Gasteiger partial charge in [-0.2, -0.15) is 0 Å². The van der Waals surface area contributed by atoms with Crippen LogP contribution in [0.4, 0.5) is 0 Å². The Bertz CT molecular complexity index is 1230. The summed E-state index contributed by atoms with van der Waals surface area (Å²) >= 11 is 0. The third-order valence-electron chi connectivity index (χ3n) is 5.14. The molecule has 0 aliphatic carbocycles. The van der Waals surface area contributed by atoms with Gasteiger partial charge in [0.05, 0.1) is 5.56 Å². The standard InChI is InChI=1S/C23H17NO6/c25-19(26)8-3-9-24-21(27)17-7-2-5-14-11-16(12-18(20(14)17)22(24)28)13-4-1-6-15(10-13)23(29)30/h1-2,4-7,10-12H,3,8-9H2,(H,25,26)(H,29,30). The highest BCUT2D eigenvalue weighted by molar-refractivity contribution is 6.26. The number of carboxylic acids is 2. The molecule has 150 valence electrons. The van der Waals surface area contributed by atoms with Crippen molar-refractivity contribution in [2.24, 2.45) is 0 Å². The first kappa shape index (κ1) is 19.3. The molecule has 1 aliphatic rings. The molecule has 0 bridgehead atoms. The fraction of sp³-hybridized carbons (Fsp3) is 0.130. The van der Waals surface area contributed by atoms with Crippen molar-refractivity contribution in [1.29, 1.82) is 0 Å². The monoisotopic (exact) mass is 403 g/mol. The Kier molecular flexibility index (Phi) is 4.79. The molecule has 0 saturated carbocycles. The van der Waals surface area contributed by atoms with Crippen LogP contribution in [-0.2, 0) is 4.79 Å². The van der Waals surface area contributed by atoms with E-state index in [0.29, 0.717) is 33.0 Å². The van der Waals surface area contributed by atoms with Crippen molar-refractivity contribution in [3.05, 3.63) is 71.3 Å². The first-order chi connectivity index (χ1) is 14.4. The lowest BCUT2D eigenvalue weighted by Gasteiger charge is -2.27. The van der Waals surface area contributed by atoms with E-state index < -0.39 is 23.8 Å². The summed E-state index contributed by atoms with van der Waals surface area (Å²) in [4.78, 5) is 49.2. The zero-order chi connectivity index (χ0) is 21.4. The second-order valence-corrected chi connectivity index (χ2v) is 7.07. The van der Waals surface area contributed by atoms with Crippen molar-refractivity contribution in [1.82, 2.24) is 4.90 Å². The van der Waals surface area contributed by atoms with Crippen molar-refractivity contribution in [2.75, 3.05) is 6.54 Å². The molecule has 0 unspecified atom stereocenters. The third kappa shape index (κ3) is 3.30. The number of imide groups is 1. The number of aliphatic carboxylic acids is 1. The number of nitrogens with zero attached hydrogens (tertiary/aromatic N) is 1. The molecule has 7 heteroatoms. The van der Waals surface area contributed by atoms with Gasteiger partial charge in [0.1, 0.15) is 0 Å². The van der Waals surface area contributed by atoms with Gasteiger partial charge in [0, 0.05) is 29.5 Å². The zero-order valence-electron chi connectivity index (χ0n) is 15.8. The first-order valence-electron chi connectivity index (χ1n) is 9.35. The molecule has 30 heavy (non-hydrogen) atoms. The number of hydrogen-bond acceptors (Lipinski definition) is 4. The number of carbonyl (C=O) groups excluding carboxylic acids is 2. The average Bonchev–Trinajstić information content (AvgIpc) is 2.73. The minimum absolute atomic E-state index is 0.0124. The largest absolute Gasteiger partial charge is 0.481 e. The molecule has 2 amide bonds. The number of aromatic carboxylic acids is 1. The Morgan fingerprint density at radius 2 is 1.57 bits per heavy atom. The molecule has 0 radical (unpaired) electrons. The molecule has 3 aromatic rings. The van der Waals surface area contributed by atoms with E-state index in [4.69, 9.17) is 5.11 Å². The molecule has 1 heterocycles. The number of carboxylic acid groups (broad SMARTS) is 2. The summed E-state index contributed by atoms with van der Waals surface area (Å²) in [7, 11) is 0. The van der Waals surface area contributed by atoms with Gasteiger partial charge in [-0.1, -0.05) is 24.3 Å². The molecule has 1 aliphatic heterocycles. The molecule has 0 saturated heterocycles. The first-order valence-corrected chi connectivity index (χ1v) is 9.35. The predicted octanol–water partition coefficient (Wildman–Crippen LogP) is 3.67. The predicted molar refractivity (Wildman–Crippen MR) is 109 cm³/mol. The van der Waals surface area contributed by atoms with Gasteiger partial charge in [0.2, 0.25) is 0 Å². The third-order valence-corrected chi connectivity index (χ3v) is 5.14. The summed E-state index contributed by atoms with van der Waals surface area (Å²) in [6, 6.07) is 15.1. The van der Waals surface area contributed by atoms with Crippen molar-refractivity contribution < 1.29 is 29.4 Å². The number of benzene rings is 3. The van der Waals surface area contributed by atoms with Crippen molar-refractivity contribution >= 4 is 34.5 Å². The lowest BCUT2D eigenvalue weighted by atomic mass is 9.90. The van der Waals surface area contributed by atoms with E-state index in [9.17, 15) is 24.3 Å². The maximum Gasteiger partial charge on any atom is 0.335 e. The van der Waals surface area contributed by atoms with Gasteiger partial charge in [-0.25, -0.2) is 4.79 Å². The van der Waals surface area contributed by atoms with E-state index in [1.807, 2.05) is 6.07 Å².